The van der Waals surface area contributed by atoms with E-state index in [-0.39, 0.29) is 0 Å². The number of ether oxygens (including phenoxy) is 1. The summed E-state index contributed by atoms with van der Waals surface area (Å²) >= 11 is 1.56. The zero-order valence-electron chi connectivity index (χ0n) is 14.3. The second-order valence-electron chi connectivity index (χ2n) is 5.65. The summed E-state index contributed by atoms with van der Waals surface area (Å²) in [7, 11) is 1.67. The van der Waals surface area contributed by atoms with Crippen LogP contribution in [0.3, 0.4) is 0 Å². The number of anilines is 2. The molecule has 1 aromatic heterocycles. The molecule has 128 valence electrons. The molecule has 3 aromatic carbocycles. The van der Waals surface area contributed by atoms with Crippen LogP contribution < -0.4 is 14.0 Å². The standard InChI is InChI=1S/C21H17N3OS/c1-25-19-15-9-8-14-18(19)22-21-23-20(16-10-4-2-5-11-16)24(26-21)17-12-6-3-7-13-17/h2-15H,1H3/p+1. The van der Waals surface area contributed by atoms with Crippen LogP contribution in [0.2, 0.25) is 0 Å². The van der Waals surface area contributed by atoms with Gasteiger partial charge >= 0.3 is 11.0 Å². The molecular formula is C21H18N3OS+. The Balaban J connectivity index is 1.79. The summed E-state index contributed by atoms with van der Waals surface area (Å²) in [5.74, 6) is 1.69. The second kappa shape index (κ2) is 7.37. The Morgan fingerprint density at radius 2 is 1.50 bits per heavy atom. The molecule has 0 unspecified atom stereocenters. The average Bonchev–Trinajstić information content (AvgIpc) is 3.13. The van der Waals surface area contributed by atoms with Crippen molar-refractivity contribution in [1.82, 2.24) is 4.98 Å². The van der Waals surface area contributed by atoms with Crippen molar-refractivity contribution in [3.05, 3.63) is 84.9 Å². The van der Waals surface area contributed by atoms with E-state index in [1.807, 2.05) is 60.7 Å². The summed E-state index contributed by atoms with van der Waals surface area (Å²) in [5, 5.41) is 4.19. The Hall–Kier alpha value is -3.18. The maximum absolute atomic E-state index is 5.43. The summed E-state index contributed by atoms with van der Waals surface area (Å²) in [6.45, 7) is 0. The van der Waals surface area contributed by atoms with E-state index in [0.717, 1.165) is 33.6 Å². The van der Waals surface area contributed by atoms with Crippen LogP contribution >= 0.6 is 11.5 Å². The van der Waals surface area contributed by atoms with Crippen LogP contribution in [0, 0.1) is 0 Å². The lowest BCUT2D eigenvalue weighted by molar-refractivity contribution is -0.509. The van der Waals surface area contributed by atoms with E-state index in [0.29, 0.717) is 0 Å². The molecule has 0 saturated heterocycles. The average molecular weight is 360 g/mol. The van der Waals surface area contributed by atoms with Crippen molar-refractivity contribution in [1.29, 1.82) is 0 Å². The summed E-state index contributed by atoms with van der Waals surface area (Å²) in [5.41, 5.74) is 3.04. The highest BCUT2D eigenvalue weighted by Crippen LogP contribution is 2.29. The minimum absolute atomic E-state index is 0.787. The van der Waals surface area contributed by atoms with Gasteiger partial charge in [-0.1, -0.05) is 48.5 Å². The fourth-order valence-electron chi connectivity index (χ4n) is 2.71. The first-order valence-corrected chi connectivity index (χ1v) is 9.07. The van der Waals surface area contributed by atoms with Gasteiger partial charge in [-0.15, -0.1) is 3.96 Å². The van der Waals surface area contributed by atoms with Gasteiger partial charge in [-0.25, -0.2) is 0 Å². The zero-order valence-corrected chi connectivity index (χ0v) is 15.1. The van der Waals surface area contributed by atoms with Gasteiger partial charge in [0.25, 0.3) is 0 Å². The SMILES string of the molecule is COc1ccccc1Nc1nc(-c2ccccc2)[n+](-c2ccccc2)s1. The van der Waals surface area contributed by atoms with Crippen molar-refractivity contribution >= 4 is 22.4 Å². The molecule has 0 atom stereocenters. The Bertz CT molecular complexity index is 943. The van der Waals surface area contributed by atoms with Crippen LogP contribution in [0.5, 0.6) is 5.75 Å². The lowest BCUT2D eigenvalue weighted by Gasteiger charge is -2.05. The highest BCUT2D eigenvalue weighted by molar-refractivity contribution is 7.06. The molecule has 4 aromatic rings. The third kappa shape index (κ3) is 3.30. The second-order valence-corrected chi connectivity index (χ2v) is 6.59. The largest absolute Gasteiger partial charge is 0.495 e. The fraction of sp³-hybridized carbons (Fsp3) is 0.0476. The Kier molecular flexibility index (Phi) is 4.62. The fourth-order valence-corrected chi connectivity index (χ4v) is 3.63. The van der Waals surface area contributed by atoms with Crippen molar-refractivity contribution < 1.29 is 8.69 Å². The minimum atomic E-state index is 0.787. The van der Waals surface area contributed by atoms with E-state index < -0.39 is 0 Å². The van der Waals surface area contributed by atoms with Crippen LogP contribution in [0.15, 0.2) is 84.9 Å². The van der Waals surface area contributed by atoms with Crippen LogP contribution in [-0.4, -0.2) is 12.1 Å². The number of aromatic nitrogens is 2. The van der Waals surface area contributed by atoms with Crippen LogP contribution in [0.25, 0.3) is 17.1 Å². The van der Waals surface area contributed by atoms with E-state index in [1.54, 1.807) is 18.6 Å². The molecule has 0 bridgehead atoms. The van der Waals surface area contributed by atoms with E-state index in [4.69, 9.17) is 9.72 Å². The van der Waals surface area contributed by atoms with E-state index in [1.165, 1.54) is 0 Å². The summed E-state index contributed by atoms with van der Waals surface area (Å²) in [6.07, 6.45) is 0. The number of nitrogens with zero attached hydrogens (tertiary/aromatic N) is 2. The van der Waals surface area contributed by atoms with Gasteiger partial charge in [-0.05, 0) is 41.4 Å². The molecule has 0 spiro atoms. The number of rotatable bonds is 5. The van der Waals surface area contributed by atoms with Crippen LogP contribution in [-0.2, 0) is 0 Å². The molecular weight excluding hydrogens is 342 g/mol. The normalized spacial score (nSPS) is 10.5. The molecule has 1 N–H and O–H groups in total. The molecule has 4 rings (SSSR count). The van der Waals surface area contributed by atoms with Crippen molar-refractivity contribution in [2.24, 2.45) is 0 Å². The predicted molar refractivity (Wildman–Crippen MR) is 105 cm³/mol. The summed E-state index contributed by atoms with van der Waals surface area (Å²) in [6, 6.07) is 28.3. The Labute approximate surface area is 156 Å². The maximum Gasteiger partial charge on any atom is 0.350 e. The molecule has 0 aliphatic carbocycles. The minimum Gasteiger partial charge on any atom is -0.495 e. The van der Waals surface area contributed by atoms with E-state index >= 15 is 0 Å². The monoisotopic (exact) mass is 360 g/mol. The number of nitrogens with one attached hydrogen (secondary N) is 1. The van der Waals surface area contributed by atoms with Gasteiger partial charge in [0.1, 0.15) is 23.0 Å². The van der Waals surface area contributed by atoms with Crippen molar-refractivity contribution in [3.8, 4) is 22.8 Å². The number of benzene rings is 3. The lowest BCUT2D eigenvalue weighted by Crippen LogP contribution is -2.27. The van der Waals surface area contributed by atoms with Gasteiger partial charge in [-0.2, -0.15) is 0 Å². The van der Waals surface area contributed by atoms with Crippen molar-refractivity contribution in [3.63, 3.8) is 0 Å². The van der Waals surface area contributed by atoms with Crippen LogP contribution in [0.4, 0.5) is 10.8 Å². The van der Waals surface area contributed by atoms with Gasteiger partial charge in [0.15, 0.2) is 0 Å². The quantitative estimate of drug-likeness (QED) is 0.518. The topological polar surface area (TPSA) is 38.0 Å². The van der Waals surface area contributed by atoms with Crippen molar-refractivity contribution in [2.45, 2.75) is 0 Å². The first-order valence-electron chi connectivity index (χ1n) is 8.29. The first-order chi connectivity index (χ1) is 12.8. The van der Waals surface area contributed by atoms with Gasteiger partial charge in [0.05, 0.1) is 18.4 Å². The molecule has 0 fully saturated rings. The van der Waals surface area contributed by atoms with Crippen molar-refractivity contribution in [2.75, 3.05) is 12.4 Å². The maximum atomic E-state index is 5.43. The first kappa shape index (κ1) is 16.3. The van der Waals surface area contributed by atoms with Gasteiger partial charge < -0.3 is 10.1 Å². The molecule has 0 saturated carbocycles. The predicted octanol–water partition coefficient (Wildman–Crippen LogP) is 4.84. The number of methoxy groups -OCH3 is 1. The number of para-hydroxylation sites is 3. The zero-order chi connectivity index (χ0) is 17.8. The summed E-state index contributed by atoms with van der Waals surface area (Å²) < 4.78 is 7.56. The third-order valence-corrected chi connectivity index (χ3v) is 4.88. The lowest BCUT2D eigenvalue weighted by atomic mass is 10.2. The van der Waals surface area contributed by atoms with E-state index in [2.05, 4.69) is 33.5 Å². The highest BCUT2D eigenvalue weighted by Gasteiger charge is 2.24. The van der Waals surface area contributed by atoms with Gasteiger partial charge in [-0.3, -0.25) is 0 Å². The van der Waals surface area contributed by atoms with Gasteiger partial charge in [0.2, 0.25) is 0 Å². The number of hydrogen-bond acceptors (Lipinski definition) is 4. The third-order valence-electron chi connectivity index (χ3n) is 3.95. The Morgan fingerprint density at radius 1 is 0.846 bits per heavy atom. The van der Waals surface area contributed by atoms with Gasteiger partial charge in [0, 0.05) is 0 Å². The molecule has 0 radical (unpaired) electrons. The molecule has 1 heterocycles. The molecule has 0 aliphatic heterocycles. The highest BCUT2D eigenvalue weighted by atomic mass is 32.1. The summed E-state index contributed by atoms with van der Waals surface area (Å²) in [4.78, 5) is 4.84. The molecule has 4 nitrogen and oxygen atoms in total. The molecule has 5 heteroatoms. The molecule has 26 heavy (non-hydrogen) atoms. The smallest absolute Gasteiger partial charge is 0.350 e. The Morgan fingerprint density at radius 3 is 2.23 bits per heavy atom. The molecule has 0 aliphatic rings. The van der Waals surface area contributed by atoms with E-state index in [9.17, 15) is 0 Å². The van der Waals surface area contributed by atoms with Crippen LogP contribution in [0.1, 0.15) is 0 Å². The molecule has 0 amide bonds. The number of hydrogen-bond donors (Lipinski definition) is 1.